The van der Waals surface area contributed by atoms with Crippen LogP contribution < -0.4 is 0 Å². The molecule has 0 saturated carbocycles. The molecule has 0 heterocycles. The number of esters is 3. The van der Waals surface area contributed by atoms with E-state index < -0.39 is 6.10 Å². The molecule has 0 aromatic carbocycles. The molecule has 0 rings (SSSR count). The quantitative estimate of drug-likeness (QED) is 0.0261. The third-order valence-corrected chi connectivity index (χ3v) is 15.4. The second-order valence-electron chi connectivity index (χ2n) is 23.4. The van der Waals surface area contributed by atoms with Gasteiger partial charge in [-0.1, -0.05) is 343 Å². The van der Waals surface area contributed by atoms with Crippen LogP contribution in [0, 0.1) is 0 Å². The number of hydrogen-bond acceptors (Lipinski definition) is 6. The summed E-state index contributed by atoms with van der Waals surface area (Å²) in [6.45, 7) is 6.57. The molecule has 0 aliphatic heterocycles. The molecule has 0 saturated heterocycles. The van der Waals surface area contributed by atoms with Crippen molar-refractivity contribution in [3.63, 3.8) is 0 Å². The Hall–Kier alpha value is -3.41. The van der Waals surface area contributed by atoms with Gasteiger partial charge in [-0.2, -0.15) is 0 Å². The maximum Gasteiger partial charge on any atom is 0.306 e. The summed E-state index contributed by atoms with van der Waals surface area (Å²) in [4.78, 5) is 38.4. The molecule has 1 atom stereocenters. The summed E-state index contributed by atoms with van der Waals surface area (Å²) in [5.41, 5.74) is 0. The predicted molar refractivity (Wildman–Crippen MR) is 353 cm³/mol. The van der Waals surface area contributed by atoms with Crippen LogP contribution in [0.2, 0.25) is 0 Å². The lowest BCUT2D eigenvalue weighted by Gasteiger charge is -2.18. The second-order valence-corrected chi connectivity index (χ2v) is 23.4. The Morgan fingerprint density at radius 1 is 0.259 bits per heavy atom. The molecule has 0 fully saturated rings. The fourth-order valence-electron chi connectivity index (χ4n) is 10.2. The van der Waals surface area contributed by atoms with Crippen LogP contribution in [0.25, 0.3) is 0 Å². The van der Waals surface area contributed by atoms with Crippen LogP contribution in [-0.4, -0.2) is 37.2 Å². The lowest BCUT2D eigenvalue weighted by molar-refractivity contribution is -0.167. The molecule has 6 heteroatoms. The SMILES string of the molecule is CC/C=C\C/C=C\C/C=C\C/C=C\C/C=C\C/C=C\C/C=C\CCCCCCCCCC(=O)OCC(COC(=O)CCCCCCCCCCCCCC)OC(=O)CCCCCCCCCCCCCCCCCCCCCCCC. The summed E-state index contributed by atoms with van der Waals surface area (Å²) in [5.74, 6) is -0.866. The zero-order valence-electron chi connectivity index (χ0n) is 53.8. The van der Waals surface area contributed by atoms with Gasteiger partial charge in [0.15, 0.2) is 6.10 Å². The van der Waals surface area contributed by atoms with Gasteiger partial charge in [0.1, 0.15) is 13.2 Å². The molecule has 0 aliphatic rings. The zero-order valence-corrected chi connectivity index (χ0v) is 53.8. The molecule has 1 unspecified atom stereocenters. The van der Waals surface area contributed by atoms with Gasteiger partial charge in [0.2, 0.25) is 0 Å². The van der Waals surface area contributed by atoms with E-state index in [4.69, 9.17) is 14.2 Å². The number of allylic oxidation sites excluding steroid dienone is 14. The molecular weight excluding hydrogens is 997 g/mol. The van der Waals surface area contributed by atoms with Crippen molar-refractivity contribution in [2.24, 2.45) is 0 Å². The largest absolute Gasteiger partial charge is 0.462 e. The number of ether oxygens (including phenoxy) is 3. The molecule has 0 amide bonds. The third-order valence-electron chi connectivity index (χ3n) is 15.4. The Morgan fingerprint density at radius 3 is 0.753 bits per heavy atom. The molecule has 0 radical (unpaired) electrons. The molecule has 468 valence electrons. The summed E-state index contributed by atoms with van der Waals surface area (Å²) >= 11 is 0. The normalized spacial score (nSPS) is 12.6. The monoisotopic (exact) mass is 1130 g/mol. The minimum absolute atomic E-state index is 0.0747. The van der Waals surface area contributed by atoms with E-state index in [2.05, 4.69) is 106 Å². The topological polar surface area (TPSA) is 78.9 Å². The highest BCUT2D eigenvalue weighted by molar-refractivity contribution is 5.71. The van der Waals surface area contributed by atoms with Crippen molar-refractivity contribution in [3.05, 3.63) is 85.1 Å². The number of rotatable bonds is 64. The number of hydrogen-bond donors (Lipinski definition) is 0. The summed E-state index contributed by atoms with van der Waals surface area (Å²) in [5, 5.41) is 0. The van der Waals surface area contributed by atoms with Crippen molar-refractivity contribution in [1.29, 1.82) is 0 Å². The van der Waals surface area contributed by atoms with Crippen molar-refractivity contribution >= 4 is 17.9 Å². The van der Waals surface area contributed by atoms with E-state index in [0.717, 1.165) is 109 Å². The number of carbonyl (C=O) groups excluding carboxylic acids is 3. The average Bonchev–Trinajstić information content (AvgIpc) is 3.47. The van der Waals surface area contributed by atoms with E-state index in [1.165, 1.54) is 205 Å². The van der Waals surface area contributed by atoms with E-state index in [1.54, 1.807) is 0 Å². The first-order chi connectivity index (χ1) is 40.0. The van der Waals surface area contributed by atoms with Crippen molar-refractivity contribution in [1.82, 2.24) is 0 Å². The number of unbranched alkanes of at least 4 members (excludes halogenated alkanes) is 39. The van der Waals surface area contributed by atoms with Crippen LogP contribution in [-0.2, 0) is 28.6 Å². The van der Waals surface area contributed by atoms with Crippen LogP contribution in [0.15, 0.2) is 85.1 Å². The second kappa shape index (κ2) is 69.1. The minimum Gasteiger partial charge on any atom is -0.462 e. The molecule has 0 bridgehead atoms. The molecule has 0 aromatic heterocycles. The standard InChI is InChI=1S/C75H132O6/c1-4-7-10-13-16-19-22-25-27-29-31-33-35-36-37-38-39-40-41-43-44-46-48-50-53-56-59-62-65-68-74(77)80-71-72(70-79-73(76)67-64-61-58-55-52-24-21-18-15-12-9-6-3)81-75(78)69-66-63-60-57-54-51-49-47-45-42-34-32-30-28-26-23-20-17-14-11-8-5-2/h7,10,16,19,25,27,31,33,36-37,39-40,43-44,72H,4-6,8-9,11-15,17-18,20-24,26,28-30,32,34-35,38,41-42,45-71H2,1-3H3/b10-7-,19-16-,27-25-,33-31-,37-36-,40-39-,44-43-. The van der Waals surface area contributed by atoms with E-state index in [0.29, 0.717) is 19.3 Å². The van der Waals surface area contributed by atoms with Crippen molar-refractivity contribution < 1.29 is 28.6 Å². The fraction of sp³-hybridized carbons (Fsp3) is 0.773. The van der Waals surface area contributed by atoms with E-state index in [1.807, 2.05) is 0 Å². The first-order valence-corrected chi connectivity index (χ1v) is 35.1. The van der Waals surface area contributed by atoms with Crippen LogP contribution >= 0.6 is 0 Å². The number of carbonyl (C=O) groups is 3. The van der Waals surface area contributed by atoms with Crippen LogP contribution in [0.5, 0.6) is 0 Å². The van der Waals surface area contributed by atoms with E-state index >= 15 is 0 Å². The van der Waals surface area contributed by atoms with Crippen LogP contribution in [0.3, 0.4) is 0 Å². The predicted octanol–water partition coefficient (Wildman–Crippen LogP) is 24.2. The molecule has 0 aliphatic carbocycles. The molecule has 0 aromatic rings. The van der Waals surface area contributed by atoms with Gasteiger partial charge in [0.25, 0.3) is 0 Å². The Balaban J connectivity index is 4.27. The van der Waals surface area contributed by atoms with Gasteiger partial charge < -0.3 is 14.2 Å². The molecule has 81 heavy (non-hydrogen) atoms. The smallest absolute Gasteiger partial charge is 0.306 e. The lowest BCUT2D eigenvalue weighted by Crippen LogP contribution is -2.30. The summed E-state index contributed by atoms with van der Waals surface area (Å²) in [6, 6.07) is 0. The Kier molecular flexibility index (Phi) is 66.2. The van der Waals surface area contributed by atoms with Crippen molar-refractivity contribution in [3.8, 4) is 0 Å². The Bertz CT molecular complexity index is 1530. The van der Waals surface area contributed by atoms with Gasteiger partial charge in [-0.15, -0.1) is 0 Å². The molecule has 6 nitrogen and oxygen atoms in total. The van der Waals surface area contributed by atoms with E-state index in [-0.39, 0.29) is 31.1 Å². The van der Waals surface area contributed by atoms with Crippen molar-refractivity contribution in [2.75, 3.05) is 13.2 Å². The molecule has 0 spiro atoms. The van der Waals surface area contributed by atoms with Gasteiger partial charge in [0, 0.05) is 19.3 Å². The maximum absolute atomic E-state index is 12.9. The fourth-order valence-corrected chi connectivity index (χ4v) is 10.2. The molecular formula is C75H132O6. The molecule has 0 N–H and O–H groups in total. The highest BCUT2D eigenvalue weighted by atomic mass is 16.6. The first-order valence-electron chi connectivity index (χ1n) is 35.1. The van der Waals surface area contributed by atoms with Crippen molar-refractivity contribution in [2.45, 2.75) is 361 Å². The minimum atomic E-state index is -0.779. The summed E-state index contributed by atoms with van der Waals surface area (Å²) in [7, 11) is 0. The lowest BCUT2D eigenvalue weighted by atomic mass is 10.0. The van der Waals surface area contributed by atoms with E-state index in [9.17, 15) is 14.4 Å². The van der Waals surface area contributed by atoms with Gasteiger partial charge in [-0.25, -0.2) is 0 Å². The van der Waals surface area contributed by atoms with Crippen LogP contribution in [0.1, 0.15) is 355 Å². The summed E-state index contributed by atoms with van der Waals surface area (Å²) < 4.78 is 17.0. The van der Waals surface area contributed by atoms with Gasteiger partial charge >= 0.3 is 17.9 Å². The third kappa shape index (κ3) is 67.3. The average molecular weight is 1130 g/mol. The maximum atomic E-state index is 12.9. The van der Waals surface area contributed by atoms with Gasteiger partial charge in [-0.05, 0) is 77.0 Å². The highest BCUT2D eigenvalue weighted by Gasteiger charge is 2.19. The highest BCUT2D eigenvalue weighted by Crippen LogP contribution is 2.18. The first kappa shape index (κ1) is 77.6. The Morgan fingerprint density at radius 2 is 0.481 bits per heavy atom. The zero-order chi connectivity index (χ0) is 58.5. The Labute approximate surface area is 503 Å². The van der Waals surface area contributed by atoms with Gasteiger partial charge in [0.05, 0.1) is 0 Å². The van der Waals surface area contributed by atoms with Crippen LogP contribution in [0.4, 0.5) is 0 Å². The van der Waals surface area contributed by atoms with Gasteiger partial charge in [-0.3, -0.25) is 14.4 Å². The summed E-state index contributed by atoms with van der Waals surface area (Å²) in [6.07, 6.45) is 91.8.